The number of nitrogens with zero attached hydrogens (tertiary/aromatic N) is 2. The average molecular weight is 320 g/mol. The molecule has 1 aromatic rings. The van der Waals surface area contributed by atoms with Gasteiger partial charge < -0.3 is 19.7 Å². The van der Waals surface area contributed by atoms with Crippen LogP contribution >= 0.6 is 0 Å². The number of pyridine rings is 1. The zero-order chi connectivity index (χ0) is 16.8. The highest BCUT2D eigenvalue weighted by Crippen LogP contribution is 2.24. The topological polar surface area (TPSA) is 82.8 Å². The number of likely N-dealkylation sites (tertiary alicyclic amines) is 1. The van der Waals surface area contributed by atoms with Gasteiger partial charge in [0.15, 0.2) is 0 Å². The molecule has 1 aliphatic heterocycles. The molecule has 0 bridgehead atoms. The lowest BCUT2D eigenvalue weighted by Gasteiger charge is -2.39. The van der Waals surface area contributed by atoms with E-state index < -0.39 is 11.7 Å². The molecule has 0 radical (unpaired) electrons. The fourth-order valence-electron chi connectivity index (χ4n) is 3.52. The van der Waals surface area contributed by atoms with Crippen molar-refractivity contribution in [3.8, 4) is 0 Å². The van der Waals surface area contributed by atoms with Crippen LogP contribution in [0.5, 0.6) is 0 Å². The van der Waals surface area contributed by atoms with Gasteiger partial charge in [-0.25, -0.2) is 0 Å². The Morgan fingerprint density at radius 1 is 1.35 bits per heavy atom. The SMILES string of the molecule is Cn1c2c(cc(C(=O)N3CC[C@@](C)(O)[C@@H](O)C3)c1=O)CCCC2. The Morgan fingerprint density at radius 3 is 2.74 bits per heavy atom. The molecule has 0 aromatic carbocycles. The molecule has 2 heterocycles. The fourth-order valence-corrected chi connectivity index (χ4v) is 3.52. The van der Waals surface area contributed by atoms with Crippen LogP contribution in [-0.2, 0) is 19.9 Å². The summed E-state index contributed by atoms with van der Waals surface area (Å²) in [6, 6.07) is 1.73. The van der Waals surface area contributed by atoms with E-state index in [-0.39, 0.29) is 23.6 Å². The van der Waals surface area contributed by atoms with Gasteiger partial charge in [-0.3, -0.25) is 9.59 Å². The van der Waals surface area contributed by atoms with Crippen LogP contribution in [0.3, 0.4) is 0 Å². The molecule has 1 amide bonds. The summed E-state index contributed by atoms with van der Waals surface area (Å²) < 4.78 is 1.60. The first kappa shape index (κ1) is 16.2. The number of hydrogen-bond acceptors (Lipinski definition) is 4. The van der Waals surface area contributed by atoms with Crippen molar-refractivity contribution < 1.29 is 15.0 Å². The average Bonchev–Trinajstić information content (AvgIpc) is 2.53. The zero-order valence-corrected chi connectivity index (χ0v) is 13.7. The number of piperidine rings is 1. The van der Waals surface area contributed by atoms with Crippen molar-refractivity contribution >= 4 is 5.91 Å². The quantitative estimate of drug-likeness (QED) is 0.775. The van der Waals surface area contributed by atoms with Crippen molar-refractivity contribution in [1.29, 1.82) is 0 Å². The number of amides is 1. The Hall–Kier alpha value is -1.66. The highest BCUT2D eigenvalue weighted by Gasteiger charge is 2.38. The number of aromatic nitrogens is 1. The van der Waals surface area contributed by atoms with Gasteiger partial charge in [-0.1, -0.05) is 0 Å². The molecule has 1 aliphatic carbocycles. The molecule has 2 aliphatic rings. The van der Waals surface area contributed by atoms with E-state index in [9.17, 15) is 19.8 Å². The minimum atomic E-state index is -1.18. The number of fused-ring (bicyclic) bond motifs is 1. The first-order valence-electron chi connectivity index (χ1n) is 8.23. The molecule has 126 valence electrons. The summed E-state index contributed by atoms with van der Waals surface area (Å²) in [4.78, 5) is 26.7. The molecular formula is C17H24N2O4. The second-order valence-corrected chi connectivity index (χ2v) is 6.98. The summed E-state index contributed by atoms with van der Waals surface area (Å²) in [5.74, 6) is -0.353. The van der Waals surface area contributed by atoms with E-state index in [0.29, 0.717) is 13.0 Å². The van der Waals surface area contributed by atoms with E-state index in [1.54, 1.807) is 24.6 Å². The van der Waals surface area contributed by atoms with E-state index in [0.717, 1.165) is 36.9 Å². The standard InChI is InChI=1S/C17H24N2O4/c1-17(23)7-8-19(10-14(17)20)16(22)12-9-11-5-3-4-6-13(11)18(2)15(12)21/h9,14,20,23H,3-8,10H2,1-2H3/t14-,17+/m0/s1. The number of hydrogen-bond donors (Lipinski definition) is 2. The Morgan fingerprint density at radius 2 is 2.04 bits per heavy atom. The molecule has 6 heteroatoms. The van der Waals surface area contributed by atoms with Crippen LogP contribution in [-0.4, -0.2) is 50.4 Å². The Kier molecular flexibility index (Phi) is 4.06. The van der Waals surface area contributed by atoms with Crippen molar-refractivity contribution in [3.05, 3.63) is 33.2 Å². The Bertz CT molecular complexity index is 693. The summed E-state index contributed by atoms with van der Waals surface area (Å²) in [6.07, 6.45) is 3.21. The zero-order valence-electron chi connectivity index (χ0n) is 13.7. The molecule has 23 heavy (non-hydrogen) atoms. The normalized spacial score (nSPS) is 27.7. The van der Waals surface area contributed by atoms with Crippen molar-refractivity contribution in [1.82, 2.24) is 9.47 Å². The fraction of sp³-hybridized carbons (Fsp3) is 0.647. The second-order valence-electron chi connectivity index (χ2n) is 6.98. The van der Waals surface area contributed by atoms with Crippen molar-refractivity contribution in [3.63, 3.8) is 0 Å². The minimum Gasteiger partial charge on any atom is -0.388 e. The lowest BCUT2D eigenvalue weighted by molar-refractivity contribution is -0.0999. The predicted octanol–water partition coefficient (Wildman–Crippen LogP) is 0.222. The van der Waals surface area contributed by atoms with E-state index in [1.807, 2.05) is 0 Å². The van der Waals surface area contributed by atoms with Gasteiger partial charge >= 0.3 is 0 Å². The van der Waals surface area contributed by atoms with Crippen LogP contribution in [0.25, 0.3) is 0 Å². The van der Waals surface area contributed by atoms with Gasteiger partial charge in [0.25, 0.3) is 11.5 Å². The first-order valence-corrected chi connectivity index (χ1v) is 8.23. The van der Waals surface area contributed by atoms with Crippen LogP contribution in [0.1, 0.15) is 47.8 Å². The maximum Gasteiger partial charge on any atom is 0.263 e. The number of aliphatic hydroxyl groups excluding tert-OH is 1. The molecule has 0 unspecified atom stereocenters. The number of β-amino-alcohol motifs (C(OH)–C–C–N with tert-alkyl or cyclic N) is 1. The van der Waals surface area contributed by atoms with Gasteiger partial charge in [-0.05, 0) is 50.7 Å². The molecule has 1 fully saturated rings. The largest absolute Gasteiger partial charge is 0.388 e. The number of aryl methyl sites for hydroxylation is 1. The molecule has 1 aromatic heterocycles. The van der Waals surface area contributed by atoms with Crippen LogP contribution in [0, 0.1) is 0 Å². The summed E-state index contributed by atoms with van der Waals surface area (Å²) >= 11 is 0. The van der Waals surface area contributed by atoms with Gasteiger partial charge in [0.05, 0.1) is 11.7 Å². The van der Waals surface area contributed by atoms with Crippen molar-refractivity contribution in [2.24, 2.45) is 7.05 Å². The van der Waals surface area contributed by atoms with Gasteiger partial charge in [0.1, 0.15) is 5.56 Å². The van der Waals surface area contributed by atoms with E-state index in [4.69, 9.17) is 0 Å². The highest BCUT2D eigenvalue weighted by atomic mass is 16.3. The number of carbonyl (C=O) groups excluding carboxylic acids is 1. The molecule has 1 saturated heterocycles. The lowest BCUT2D eigenvalue weighted by Crippen LogP contribution is -2.55. The summed E-state index contributed by atoms with van der Waals surface area (Å²) in [6.45, 7) is 1.95. The molecule has 3 rings (SSSR count). The minimum absolute atomic E-state index is 0.0477. The number of rotatable bonds is 1. The van der Waals surface area contributed by atoms with Gasteiger partial charge in [-0.2, -0.15) is 0 Å². The Balaban J connectivity index is 1.92. The number of aliphatic hydroxyl groups is 2. The van der Waals surface area contributed by atoms with E-state index in [1.165, 1.54) is 4.90 Å². The lowest BCUT2D eigenvalue weighted by atomic mass is 9.90. The third kappa shape index (κ3) is 2.81. The van der Waals surface area contributed by atoms with Gasteiger partial charge in [0, 0.05) is 25.8 Å². The molecule has 0 saturated carbocycles. The summed E-state index contributed by atoms with van der Waals surface area (Å²) in [5.41, 5.74) is 0.812. The van der Waals surface area contributed by atoms with Crippen molar-refractivity contribution in [2.45, 2.75) is 50.7 Å². The van der Waals surface area contributed by atoms with Gasteiger partial charge in [0.2, 0.25) is 0 Å². The number of carbonyl (C=O) groups is 1. The third-order valence-corrected chi connectivity index (χ3v) is 5.26. The molecule has 6 nitrogen and oxygen atoms in total. The molecule has 2 atom stereocenters. The predicted molar refractivity (Wildman–Crippen MR) is 85.5 cm³/mol. The van der Waals surface area contributed by atoms with Gasteiger partial charge in [-0.15, -0.1) is 0 Å². The highest BCUT2D eigenvalue weighted by molar-refractivity contribution is 5.94. The van der Waals surface area contributed by atoms with Crippen LogP contribution in [0.15, 0.2) is 10.9 Å². The molecular weight excluding hydrogens is 296 g/mol. The van der Waals surface area contributed by atoms with Crippen molar-refractivity contribution in [2.75, 3.05) is 13.1 Å². The monoisotopic (exact) mass is 320 g/mol. The first-order chi connectivity index (χ1) is 10.8. The molecule has 0 spiro atoms. The maximum absolute atomic E-state index is 12.7. The molecule has 2 N–H and O–H groups in total. The third-order valence-electron chi connectivity index (χ3n) is 5.26. The maximum atomic E-state index is 12.7. The Labute approximate surface area is 135 Å². The van der Waals surface area contributed by atoms with Crippen LogP contribution in [0.2, 0.25) is 0 Å². The van der Waals surface area contributed by atoms with E-state index in [2.05, 4.69) is 0 Å². The second kappa shape index (κ2) is 5.76. The summed E-state index contributed by atoms with van der Waals surface area (Å²) in [5, 5.41) is 20.0. The van der Waals surface area contributed by atoms with Crippen LogP contribution in [0.4, 0.5) is 0 Å². The van der Waals surface area contributed by atoms with E-state index >= 15 is 0 Å². The van der Waals surface area contributed by atoms with Crippen LogP contribution < -0.4 is 5.56 Å². The smallest absolute Gasteiger partial charge is 0.263 e. The summed E-state index contributed by atoms with van der Waals surface area (Å²) in [7, 11) is 1.72.